The number of aliphatic hydroxyl groups is 1. The normalized spacial score (nSPS) is 23.5. The molecule has 2 aliphatic carbocycles. The van der Waals surface area contributed by atoms with Crippen molar-refractivity contribution in [3.8, 4) is 16.9 Å². The Morgan fingerprint density at radius 2 is 1.72 bits per heavy atom. The molecule has 1 aliphatic heterocycles. The number of aromatic nitrogens is 2. The SMILES string of the molecule is O=C1CC[C@@]2(O)[C@H]3Cc4ccc(C(=O)NCCc5ccc(-c6c[nH]c(=O)[nH]c6=O)cc5)c(O)c4[C@@]2(CCN3CCc2ccccc2)C1. The van der Waals surface area contributed by atoms with Gasteiger partial charge in [-0.1, -0.05) is 60.7 Å². The summed E-state index contributed by atoms with van der Waals surface area (Å²) in [6.45, 7) is 1.79. The van der Waals surface area contributed by atoms with Crippen molar-refractivity contribution in [1.82, 2.24) is 20.2 Å². The average molecular weight is 635 g/mol. The third-order valence-electron chi connectivity index (χ3n) is 10.6. The highest BCUT2D eigenvalue weighted by Gasteiger charge is 2.65. The van der Waals surface area contributed by atoms with Crippen LogP contribution in [0.1, 0.15) is 58.3 Å². The zero-order valence-electron chi connectivity index (χ0n) is 26.1. The second-order valence-corrected chi connectivity index (χ2v) is 13.1. The Morgan fingerprint density at radius 3 is 2.49 bits per heavy atom. The van der Waals surface area contributed by atoms with E-state index < -0.39 is 28.2 Å². The monoisotopic (exact) mass is 634 g/mol. The number of H-pyrrole nitrogens is 2. The molecule has 10 nitrogen and oxygen atoms in total. The maximum atomic E-state index is 13.4. The molecule has 1 saturated carbocycles. The molecular formula is C37H38N4O6. The predicted molar refractivity (Wildman–Crippen MR) is 177 cm³/mol. The van der Waals surface area contributed by atoms with Gasteiger partial charge in [0, 0.05) is 49.1 Å². The van der Waals surface area contributed by atoms with Crippen molar-refractivity contribution in [2.45, 2.75) is 62.0 Å². The number of hydrogen-bond donors (Lipinski definition) is 5. The fourth-order valence-electron chi connectivity index (χ4n) is 8.26. The van der Waals surface area contributed by atoms with E-state index in [1.807, 2.05) is 36.4 Å². The third kappa shape index (κ3) is 5.41. The van der Waals surface area contributed by atoms with Crippen molar-refractivity contribution >= 4 is 11.7 Å². The molecule has 2 fully saturated rings. The Hall–Kier alpha value is -4.80. The standard InChI is InChI=1S/C37H38N4O6/c42-27-12-15-37(47)30-20-26-10-11-28(32(43)31(26)36(37,21-27)16-19-41(30)18-14-23-4-2-1-3-5-23)33(44)38-17-13-24-6-8-25(9-7-24)29-22-39-35(46)40-34(29)45/h1-11,22,30,43,47H,12-21H2,(H,38,44)(H2,39,40,45,46)/t30-,36-,37-/m1/s1. The number of benzene rings is 3. The molecule has 47 heavy (non-hydrogen) atoms. The Morgan fingerprint density at radius 1 is 0.957 bits per heavy atom. The topological polar surface area (TPSA) is 156 Å². The number of amides is 1. The Balaban J connectivity index is 1.09. The van der Waals surface area contributed by atoms with Gasteiger partial charge >= 0.3 is 5.69 Å². The first-order valence-electron chi connectivity index (χ1n) is 16.3. The molecule has 3 aliphatic rings. The highest BCUT2D eigenvalue weighted by atomic mass is 16.3. The van der Waals surface area contributed by atoms with E-state index in [0.29, 0.717) is 61.9 Å². The molecule has 4 aromatic rings. The molecular weight excluding hydrogens is 596 g/mol. The minimum atomic E-state index is -1.19. The lowest BCUT2D eigenvalue weighted by Crippen LogP contribution is -2.73. The molecule has 5 N–H and O–H groups in total. The fraction of sp³-hybridized carbons (Fsp3) is 0.351. The number of ketones is 1. The van der Waals surface area contributed by atoms with Crippen LogP contribution < -0.4 is 16.6 Å². The van der Waals surface area contributed by atoms with Gasteiger partial charge in [-0.3, -0.25) is 24.3 Å². The highest BCUT2D eigenvalue weighted by molar-refractivity contribution is 5.98. The number of hydrogen-bond acceptors (Lipinski definition) is 7. The summed E-state index contributed by atoms with van der Waals surface area (Å²) < 4.78 is 0. The van der Waals surface area contributed by atoms with E-state index in [1.54, 1.807) is 18.2 Å². The Kier molecular flexibility index (Phi) is 7.93. The molecule has 1 saturated heterocycles. The molecule has 3 aromatic carbocycles. The number of phenolic OH excluding ortho intramolecular Hbond substituents is 1. The summed E-state index contributed by atoms with van der Waals surface area (Å²) in [7, 11) is 0. The molecule has 10 heteroatoms. The number of aromatic hydroxyl groups is 1. The van der Waals surface area contributed by atoms with E-state index >= 15 is 0 Å². The van der Waals surface area contributed by atoms with Crippen LogP contribution in [-0.2, 0) is 29.5 Å². The fourth-order valence-corrected chi connectivity index (χ4v) is 8.26. The summed E-state index contributed by atoms with van der Waals surface area (Å²) in [4.78, 5) is 56.9. The quantitative estimate of drug-likeness (QED) is 0.200. The number of nitrogens with one attached hydrogen (secondary N) is 3. The molecule has 242 valence electrons. The van der Waals surface area contributed by atoms with E-state index in [0.717, 1.165) is 24.1 Å². The molecule has 2 bridgehead atoms. The lowest BCUT2D eigenvalue weighted by atomic mass is 9.49. The van der Waals surface area contributed by atoms with Gasteiger partial charge in [-0.15, -0.1) is 0 Å². The average Bonchev–Trinajstić information content (AvgIpc) is 3.05. The van der Waals surface area contributed by atoms with Crippen LogP contribution in [0.15, 0.2) is 82.5 Å². The largest absolute Gasteiger partial charge is 0.507 e. The summed E-state index contributed by atoms with van der Waals surface area (Å²) in [5, 5.41) is 27.1. The van der Waals surface area contributed by atoms with Crippen LogP contribution in [0.25, 0.3) is 11.1 Å². The molecule has 7 rings (SSSR count). The summed E-state index contributed by atoms with van der Waals surface area (Å²) in [6.07, 6.45) is 4.59. The first-order chi connectivity index (χ1) is 22.7. The van der Waals surface area contributed by atoms with Crippen LogP contribution in [0.3, 0.4) is 0 Å². The van der Waals surface area contributed by atoms with Crippen LogP contribution >= 0.6 is 0 Å². The van der Waals surface area contributed by atoms with Crippen molar-refractivity contribution in [2.24, 2.45) is 0 Å². The van der Waals surface area contributed by atoms with Gasteiger partial charge in [0.05, 0.1) is 16.7 Å². The van der Waals surface area contributed by atoms with Gasteiger partial charge in [-0.2, -0.15) is 0 Å². The summed E-state index contributed by atoms with van der Waals surface area (Å²) >= 11 is 0. The second-order valence-electron chi connectivity index (χ2n) is 13.1. The number of aromatic amines is 2. The first kappa shape index (κ1) is 30.8. The van der Waals surface area contributed by atoms with E-state index in [4.69, 9.17) is 0 Å². The summed E-state index contributed by atoms with van der Waals surface area (Å²) in [5.74, 6) is -0.490. The molecule has 0 unspecified atom stereocenters. The van der Waals surface area contributed by atoms with Crippen LogP contribution in [-0.4, -0.2) is 68.0 Å². The predicted octanol–water partition coefficient (Wildman–Crippen LogP) is 3.00. The molecule has 3 atom stereocenters. The number of rotatable bonds is 8. The van der Waals surface area contributed by atoms with Crippen LogP contribution in [0.2, 0.25) is 0 Å². The van der Waals surface area contributed by atoms with E-state index in [2.05, 4.69) is 32.3 Å². The van der Waals surface area contributed by atoms with E-state index in [1.165, 1.54) is 11.8 Å². The maximum absolute atomic E-state index is 13.4. The number of nitrogens with zero attached hydrogens (tertiary/aromatic N) is 1. The van der Waals surface area contributed by atoms with Crippen molar-refractivity contribution < 1.29 is 19.8 Å². The van der Waals surface area contributed by atoms with E-state index in [-0.39, 0.29) is 29.6 Å². The Labute approximate surface area is 271 Å². The zero-order chi connectivity index (χ0) is 32.8. The molecule has 0 spiro atoms. The number of phenols is 1. The lowest BCUT2D eigenvalue weighted by molar-refractivity contribution is -0.172. The minimum Gasteiger partial charge on any atom is -0.507 e. The summed E-state index contributed by atoms with van der Waals surface area (Å²) in [5.41, 5.74) is 1.57. The number of Topliss-reactive ketones (excluding diaryl/α,β-unsaturated/α-hetero) is 1. The van der Waals surface area contributed by atoms with Crippen LogP contribution in [0.5, 0.6) is 5.75 Å². The number of piperidine rings is 1. The minimum absolute atomic E-state index is 0.0736. The second kappa shape index (κ2) is 12.1. The van der Waals surface area contributed by atoms with Gasteiger partial charge in [0.25, 0.3) is 11.5 Å². The Bertz CT molecular complexity index is 1950. The van der Waals surface area contributed by atoms with Gasteiger partial charge < -0.3 is 20.5 Å². The van der Waals surface area contributed by atoms with Gasteiger partial charge in [0.1, 0.15) is 11.5 Å². The number of carbonyl (C=O) groups is 2. The van der Waals surface area contributed by atoms with Crippen molar-refractivity contribution in [3.63, 3.8) is 0 Å². The zero-order valence-corrected chi connectivity index (χ0v) is 26.1. The van der Waals surface area contributed by atoms with Crippen LogP contribution in [0, 0.1) is 0 Å². The van der Waals surface area contributed by atoms with Crippen molar-refractivity contribution in [3.05, 3.63) is 122 Å². The highest BCUT2D eigenvalue weighted by Crippen LogP contribution is 2.59. The first-order valence-corrected chi connectivity index (χ1v) is 16.3. The smallest absolute Gasteiger partial charge is 0.325 e. The van der Waals surface area contributed by atoms with Crippen LogP contribution in [0.4, 0.5) is 0 Å². The molecule has 1 amide bonds. The van der Waals surface area contributed by atoms with Gasteiger partial charge in [0.2, 0.25) is 0 Å². The van der Waals surface area contributed by atoms with Crippen molar-refractivity contribution in [1.29, 1.82) is 0 Å². The number of likely N-dealkylation sites (tertiary alicyclic amines) is 1. The van der Waals surface area contributed by atoms with Gasteiger partial charge in [-0.05, 0) is 67.0 Å². The maximum Gasteiger partial charge on any atom is 0.325 e. The third-order valence-corrected chi connectivity index (χ3v) is 10.6. The number of fused-ring (bicyclic) bond motifs is 1. The van der Waals surface area contributed by atoms with Gasteiger partial charge in [0.15, 0.2) is 0 Å². The van der Waals surface area contributed by atoms with E-state index in [9.17, 15) is 29.4 Å². The summed E-state index contributed by atoms with van der Waals surface area (Å²) in [6, 6.07) is 20.9. The van der Waals surface area contributed by atoms with Gasteiger partial charge in [-0.25, -0.2) is 4.79 Å². The molecule has 2 heterocycles. The van der Waals surface area contributed by atoms with Crippen molar-refractivity contribution in [2.75, 3.05) is 19.6 Å². The number of carbonyl (C=O) groups excluding carboxylic acids is 2. The molecule has 1 aromatic heterocycles. The lowest BCUT2D eigenvalue weighted by Gasteiger charge is -2.63. The molecule has 0 radical (unpaired) electrons.